The van der Waals surface area contributed by atoms with Crippen LogP contribution < -0.4 is 0 Å². The fourth-order valence-corrected chi connectivity index (χ4v) is 1.65. The summed E-state index contributed by atoms with van der Waals surface area (Å²) < 4.78 is 0. The summed E-state index contributed by atoms with van der Waals surface area (Å²) in [6.07, 6.45) is 12.9. The summed E-state index contributed by atoms with van der Waals surface area (Å²) >= 11 is 0. The summed E-state index contributed by atoms with van der Waals surface area (Å²) in [6.45, 7) is 6.86. The van der Waals surface area contributed by atoms with Gasteiger partial charge in [0.2, 0.25) is 0 Å². The maximum atomic E-state index is 5.26. The van der Waals surface area contributed by atoms with E-state index in [0.717, 1.165) is 18.3 Å². The second kappa shape index (κ2) is 8.17. The minimum atomic E-state index is 0.852. The molecule has 0 radical (unpaired) electrons. The molecule has 0 saturated heterocycles. The third-order valence-electron chi connectivity index (χ3n) is 2.67. The van der Waals surface area contributed by atoms with Crippen molar-refractivity contribution in [1.82, 2.24) is 0 Å². The van der Waals surface area contributed by atoms with E-state index in [9.17, 15) is 0 Å². The Morgan fingerprint density at radius 2 is 1.85 bits per heavy atom. The van der Waals surface area contributed by atoms with Gasteiger partial charge in [0.1, 0.15) is 0 Å². The van der Waals surface area contributed by atoms with Crippen LogP contribution in [0.4, 0.5) is 0 Å². The van der Waals surface area contributed by atoms with Gasteiger partial charge in [0.15, 0.2) is 0 Å². The standard InChI is InChI=1S/C13H24/c1-5-7-10-13(6-2)11-8-9-12(3)4/h1,12-13H,6-11H2,2-4H3. The predicted molar refractivity (Wildman–Crippen MR) is 60.5 cm³/mol. The first-order valence-corrected chi connectivity index (χ1v) is 5.64. The van der Waals surface area contributed by atoms with E-state index in [1.54, 1.807) is 0 Å². The average molecular weight is 180 g/mol. The monoisotopic (exact) mass is 180 g/mol. The molecule has 0 aromatic carbocycles. The largest absolute Gasteiger partial charge is 0.120 e. The molecule has 0 bridgehead atoms. The van der Waals surface area contributed by atoms with Crippen LogP contribution in [0.3, 0.4) is 0 Å². The molecule has 0 amide bonds. The maximum Gasteiger partial charge on any atom is 0.00886 e. The van der Waals surface area contributed by atoms with Gasteiger partial charge >= 0.3 is 0 Å². The van der Waals surface area contributed by atoms with Crippen LogP contribution in [-0.4, -0.2) is 0 Å². The van der Waals surface area contributed by atoms with E-state index in [2.05, 4.69) is 26.7 Å². The Kier molecular flexibility index (Phi) is 7.90. The highest BCUT2D eigenvalue weighted by molar-refractivity contribution is 4.84. The molecule has 0 aromatic rings. The number of rotatable bonds is 7. The fourth-order valence-electron chi connectivity index (χ4n) is 1.65. The van der Waals surface area contributed by atoms with E-state index in [4.69, 9.17) is 6.42 Å². The first-order chi connectivity index (χ1) is 6.20. The molecule has 1 atom stereocenters. The van der Waals surface area contributed by atoms with Crippen molar-refractivity contribution in [2.24, 2.45) is 11.8 Å². The molecule has 0 nitrogen and oxygen atoms in total. The van der Waals surface area contributed by atoms with E-state index in [1.807, 2.05) is 0 Å². The Hall–Kier alpha value is -0.440. The number of hydrogen-bond donors (Lipinski definition) is 0. The predicted octanol–water partition coefficient (Wildman–Crippen LogP) is 4.25. The molecular weight excluding hydrogens is 156 g/mol. The molecule has 0 aliphatic rings. The van der Waals surface area contributed by atoms with Crippen molar-refractivity contribution in [3.05, 3.63) is 0 Å². The molecule has 0 aliphatic carbocycles. The normalized spacial score (nSPS) is 12.8. The lowest BCUT2D eigenvalue weighted by Gasteiger charge is -2.13. The van der Waals surface area contributed by atoms with Gasteiger partial charge in [0.05, 0.1) is 0 Å². The number of hydrogen-bond acceptors (Lipinski definition) is 0. The Morgan fingerprint density at radius 3 is 2.31 bits per heavy atom. The van der Waals surface area contributed by atoms with Gasteiger partial charge in [-0.2, -0.15) is 0 Å². The highest BCUT2D eigenvalue weighted by Crippen LogP contribution is 2.19. The minimum absolute atomic E-state index is 0.852. The topological polar surface area (TPSA) is 0 Å². The quantitative estimate of drug-likeness (QED) is 0.514. The molecule has 0 aromatic heterocycles. The number of terminal acetylenes is 1. The van der Waals surface area contributed by atoms with Crippen molar-refractivity contribution in [2.75, 3.05) is 0 Å². The van der Waals surface area contributed by atoms with Crippen molar-refractivity contribution in [1.29, 1.82) is 0 Å². The SMILES string of the molecule is C#CCCC(CC)CCCC(C)C. The lowest BCUT2D eigenvalue weighted by molar-refractivity contribution is 0.403. The maximum absolute atomic E-state index is 5.26. The molecule has 0 spiro atoms. The van der Waals surface area contributed by atoms with Crippen LogP contribution in [0.15, 0.2) is 0 Å². The first-order valence-electron chi connectivity index (χ1n) is 5.64. The van der Waals surface area contributed by atoms with Gasteiger partial charge in [0.25, 0.3) is 0 Å². The molecule has 0 heteroatoms. The third kappa shape index (κ3) is 7.91. The van der Waals surface area contributed by atoms with E-state index in [1.165, 1.54) is 32.1 Å². The summed E-state index contributed by atoms with van der Waals surface area (Å²) in [7, 11) is 0. The van der Waals surface area contributed by atoms with Gasteiger partial charge in [0, 0.05) is 6.42 Å². The molecule has 0 heterocycles. The molecule has 13 heavy (non-hydrogen) atoms. The van der Waals surface area contributed by atoms with E-state index in [-0.39, 0.29) is 0 Å². The minimum Gasteiger partial charge on any atom is -0.120 e. The highest BCUT2D eigenvalue weighted by atomic mass is 14.1. The van der Waals surface area contributed by atoms with Crippen molar-refractivity contribution in [3.8, 4) is 12.3 Å². The molecule has 0 N–H and O–H groups in total. The third-order valence-corrected chi connectivity index (χ3v) is 2.67. The van der Waals surface area contributed by atoms with Gasteiger partial charge in [-0.25, -0.2) is 0 Å². The Bertz CT molecular complexity index is 139. The zero-order valence-corrected chi connectivity index (χ0v) is 9.47. The van der Waals surface area contributed by atoms with Crippen LogP contribution in [0, 0.1) is 24.2 Å². The Morgan fingerprint density at radius 1 is 1.15 bits per heavy atom. The first kappa shape index (κ1) is 12.6. The zero-order valence-electron chi connectivity index (χ0n) is 9.47. The molecule has 0 saturated carbocycles. The second-order valence-corrected chi connectivity index (χ2v) is 4.34. The van der Waals surface area contributed by atoms with Gasteiger partial charge in [-0.3, -0.25) is 0 Å². The van der Waals surface area contributed by atoms with Crippen LogP contribution in [0.1, 0.15) is 59.3 Å². The van der Waals surface area contributed by atoms with Crippen LogP contribution in [0.2, 0.25) is 0 Å². The van der Waals surface area contributed by atoms with Crippen LogP contribution >= 0.6 is 0 Å². The summed E-state index contributed by atoms with van der Waals surface area (Å²) in [5, 5.41) is 0. The molecule has 0 fully saturated rings. The molecular formula is C13H24. The van der Waals surface area contributed by atoms with Gasteiger partial charge in [-0.15, -0.1) is 12.3 Å². The Labute approximate surface area is 84.1 Å². The lowest BCUT2D eigenvalue weighted by atomic mass is 9.93. The summed E-state index contributed by atoms with van der Waals surface area (Å²) in [5.41, 5.74) is 0. The second-order valence-electron chi connectivity index (χ2n) is 4.34. The Balaban J connectivity index is 3.43. The van der Waals surface area contributed by atoms with E-state index >= 15 is 0 Å². The van der Waals surface area contributed by atoms with Crippen LogP contribution in [0.25, 0.3) is 0 Å². The molecule has 76 valence electrons. The van der Waals surface area contributed by atoms with Crippen LogP contribution in [-0.2, 0) is 0 Å². The molecule has 1 unspecified atom stereocenters. The molecule has 0 rings (SSSR count). The van der Waals surface area contributed by atoms with Gasteiger partial charge in [-0.1, -0.05) is 46.5 Å². The lowest BCUT2D eigenvalue weighted by Crippen LogP contribution is -1.99. The zero-order chi connectivity index (χ0) is 10.1. The smallest absolute Gasteiger partial charge is 0.00886 e. The van der Waals surface area contributed by atoms with Gasteiger partial charge < -0.3 is 0 Å². The highest BCUT2D eigenvalue weighted by Gasteiger charge is 2.05. The van der Waals surface area contributed by atoms with Gasteiger partial charge in [-0.05, 0) is 18.3 Å². The summed E-state index contributed by atoms with van der Waals surface area (Å²) in [6, 6.07) is 0. The fraction of sp³-hybridized carbons (Fsp3) is 0.846. The van der Waals surface area contributed by atoms with E-state index in [0.29, 0.717) is 0 Å². The molecule has 0 aliphatic heterocycles. The van der Waals surface area contributed by atoms with Crippen molar-refractivity contribution >= 4 is 0 Å². The van der Waals surface area contributed by atoms with E-state index < -0.39 is 0 Å². The van der Waals surface area contributed by atoms with Crippen LogP contribution in [0.5, 0.6) is 0 Å². The summed E-state index contributed by atoms with van der Waals surface area (Å²) in [4.78, 5) is 0. The van der Waals surface area contributed by atoms with Crippen molar-refractivity contribution in [2.45, 2.75) is 59.3 Å². The summed E-state index contributed by atoms with van der Waals surface area (Å²) in [5.74, 6) is 4.45. The van der Waals surface area contributed by atoms with Crippen molar-refractivity contribution in [3.63, 3.8) is 0 Å². The van der Waals surface area contributed by atoms with Crippen molar-refractivity contribution < 1.29 is 0 Å². The average Bonchev–Trinajstić information content (AvgIpc) is 2.10.